The first-order chi connectivity index (χ1) is 9.33. The third-order valence-electron chi connectivity index (χ3n) is 5.83. The van der Waals surface area contributed by atoms with Crippen LogP contribution in [0.3, 0.4) is 0 Å². The predicted molar refractivity (Wildman–Crippen MR) is 81.4 cm³/mol. The fraction of sp³-hybridized carbons (Fsp3) is 1.00. The Balaban J connectivity index is 1.46. The molecule has 2 saturated heterocycles. The van der Waals surface area contributed by atoms with E-state index in [1.807, 2.05) is 0 Å². The summed E-state index contributed by atoms with van der Waals surface area (Å²) in [5, 5.41) is 0. The van der Waals surface area contributed by atoms with Crippen LogP contribution in [-0.4, -0.2) is 48.1 Å². The molecule has 2 heterocycles. The Hall–Kier alpha value is -0.0800. The van der Waals surface area contributed by atoms with E-state index in [0.29, 0.717) is 0 Å². The topological polar surface area (TPSA) is 6.48 Å². The number of nitrogens with zero attached hydrogens (tertiary/aromatic N) is 2. The van der Waals surface area contributed by atoms with Crippen LogP contribution >= 0.6 is 0 Å². The predicted octanol–water partition coefficient (Wildman–Crippen LogP) is 3.52. The van der Waals surface area contributed by atoms with E-state index in [2.05, 4.69) is 16.7 Å². The molecular weight excluding hydrogens is 232 g/mol. The summed E-state index contributed by atoms with van der Waals surface area (Å²) in [5.74, 6) is 0.971. The molecule has 2 aliphatic heterocycles. The van der Waals surface area contributed by atoms with Crippen LogP contribution in [0.5, 0.6) is 0 Å². The third-order valence-corrected chi connectivity index (χ3v) is 5.83. The first kappa shape index (κ1) is 13.9. The largest absolute Gasteiger partial charge is 0.300 e. The highest BCUT2D eigenvalue weighted by molar-refractivity contribution is 4.86. The standard InChI is InChI=1S/C17H32N2/c1-15-6-5-7-17(14-15)19-12-8-16(9-13-19)18-10-3-2-4-11-18/h15-17H,2-14H2,1H3/t15-,17+/m0/s1. The number of rotatable bonds is 2. The van der Waals surface area contributed by atoms with Crippen LogP contribution in [0.1, 0.15) is 64.7 Å². The molecule has 0 aromatic rings. The highest BCUT2D eigenvalue weighted by atomic mass is 15.2. The molecule has 2 nitrogen and oxygen atoms in total. The van der Waals surface area contributed by atoms with Gasteiger partial charge in [0.05, 0.1) is 0 Å². The van der Waals surface area contributed by atoms with E-state index in [0.717, 1.165) is 18.0 Å². The molecule has 3 fully saturated rings. The van der Waals surface area contributed by atoms with Crippen molar-refractivity contribution in [2.45, 2.75) is 76.8 Å². The van der Waals surface area contributed by atoms with E-state index < -0.39 is 0 Å². The van der Waals surface area contributed by atoms with Gasteiger partial charge in [-0.25, -0.2) is 0 Å². The summed E-state index contributed by atoms with van der Waals surface area (Å²) in [6.45, 7) is 7.96. The van der Waals surface area contributed by atoms with Gasteiger partial charge in [-0.15, -0.1) is 0 Å². The fourth-order valence-corrected chi connectivity index (χ4v) is 4.63. The average molecular weight is 264 g/mol. The molecule has 1 aliphatic carbocycles. The van der Waals surface area contributed by atoms with Crippen LogP contribution in [0.2, 0.25) is 0 Å². The van der Waals surface area contributed by atoms with Gasteiger partial charge in [0, 0.05) is 12.1 Å². The van der Waals surface area contributed by atoms with Crippen LogP contribution in [0, 0.1) is 5.92 Å². The summed E-state index contributed by atoms with van der Waals surface area (Å²) >= 11 is 0. The summed E-state index contributed by atoms with van der Waals surface area (Å²) < 4.78 is 0. The fourth-order valence-electron chi connectivity index (χ4n) is 4.63. The molecule has 110 valence electrons. The average Bonchev–Trinajstić information content (AvgIpc) is 2.48. The number of piperidine rings is 2. The third kappa shape index (κ3) is 3.52. The zero-order valence-corrected chi connectivity index (χ0v) is 12.8. The minimum atomic E-state index is 0.914. The molecule has 2 atom stereocenters. The molecule has 0 radical (unpaired) electrons. The number of hydrogen-bond acceptors (Lipinski definition) is 2. The molecule has 19 heavy (non-hydrogen) atoms. The highest BCUT2D eigenvalue weighted by Gasteiger charge is 2.30. The van der Waals surface area contributed by atoms with Gasteiger partial charge in [-0.2, -0.15) is 0 Å². The Morgan fingerprint density at radius 1 is 0.632 bits per heavy atom. The van der Waals surface area contributed by atoms with Crippen LogP contribution in [0.15, 0.2) is 0 Å². The van der Waals surface area contributed by atoms with Gasteiger partial charge >= 0.3 is 0 Å². The Morgan fingerprint density at radius 2 is 1.32 bits per heavy atom. The second-order valence-electron chi connectivity index (χ2n) is 7.29. The number of hydrogen-bond donors (Lipinski definition) is 0. The van der Waals surface area contributed by atoms with Gasteiger partial charge < -0.3 is 9.80 Å². The van der Waals surface area contributed by atoms with Gasteiger partial charge in [-0.05, 0) is 70.6 Å². The van der Waals surface area contributed by atoms with Crippen LogP contribution in [0.4, 0.5) is 0 Å². The van der Waals surface area contributed by atoms with E-state index in [9.17, 15) is 0 Å². The molecular formula is C17H32N2. The second-order valence-corrected chi connectivity index (χ2v) is 7.29. The van der Waals surface area contributed by atoms with E-state index >= 15 is 0 Å². The molecule has 2 heteroatoms. The van der Waals surface area contributed by atoms with Crippen molar-refractivity contribution < 1.29 is 0 Å². The minimum absolute atomic E-state index is 0.914. The molecule has 1 saturated carbocycles. The van der Waals surface area contributed by atoms with E-state index in [1.54, 1.807) is 0 Å². The van der Waals surface area contributed by atoms with Gasteiger partial charge in [0.25, 0.3) is 0 Å². The molecule has 3 rings (SSSR count). The normalized spacial score (nSPS) is 36.5. The summed E-state index contributed by atoms with van der Waals surface area (Å²) in [6.07, 6.45) is 13.1. The van der Waals surface area contributed by atoms with Crippen LogP contribution in [-0.2, 0) is 0 Å². The smallest absolute Gasteiger partial charge is 0.0120 e. The van der Waals surface area contributed by atoms with E-state index in [4.69, 9.17) is 0 Å². The molecule has 0 amide bonds. The first-order valence-electron chi connectivity index (χ1n) is 8.81. The Bertz CT molecular complexity index is 264. The molecule has 3 aliphatic rings. The second kappa shape index (κ2) is 6.58. The molecule has 0 aromatic heterocycles. The summed E-state index contributed by atoms with van der Waals surface area (Å²) in [4.78, 5) is 5.63. The Labute approximate surface area is 119 Å². The lowest BCUT2D eigenvalue weighted by Gasteiger charge is -2.44. The lowest BCUT2D eigenvalue weighted by atomic mass is 9.85. The van der Waals surface area contributed by atoms with Crippen molar-refractivity contribution in [3.05, 3.63) is 0 Å². The molecule has 0 aromatic carbocycles. The molecule has 0 spiro atoms. The zero-order chi connectivity index (χ0) is 13.1. The lowest BCUT2D eigenvalue weighted by molar-refractivity contribution is 0.0549. The molecule has 0 unspecified atom stereocenters. The Morgan fingerprint density at radius 3 is 2.00 bits per heavy atom. The quantitative estimate of drug-likeness (QED) is 0.753. The van der Waals surface area contributed by atoms with Crippen molar-refractivity contribution in [3.63, 3.8) is 0 Å². The van der Waals surface area contributed by atoms with E-state index in [1.165, 1.54) is 84.0 Å². The van der Waals surface area contributed by atoms with Crippen LogP contribution in [0.25, 0.3) is 0 Å². The van der Waals surface area contributed by atoms with Gasteiger partial charge in [0.1, 0.15) is 0 Å². The van der Waals surface area contributed by atoms with Gasteiger partial charge in [0.2, 0.25) is 0 Å². The maximum atomic E-state index is 2.83. The monoisotopic (exact) mass is 264 g/mol. The SMILES string of the molecule is C[C@H]1CCC[C@@H](N2CCC(N3CCCCC3)CC2)C1. The van der Waals surface area contributed by atoms with Crippen molar-refractivity contribution in [2.75, 3.05) is 26.2 Å². The number of likely N-dealkylation sites (tertiary alicyclic amines) is 2. The first-order valence-corrected chi connectivity index (χ1v) is 8.81. The van der Waals surface area contributed by atoms with Crippen LogP contribution < -0.4 is 0 Å². The lowest BCUT2D eigenvalue weighted by Crippen LogP contribution is -2.50. The summed E-state index contributed by atoms with van der Waals surface area (Å²) in [5.41, 5.74) is 0. The van der Waals surface area contributed by atoms with Crippen molar-refractivity contribution in [2.24, 2.45) is 5.92 Å². The Kier molecular flexibility index (Phi) is 4.81. The molecule has 0 N–H and O–H groups in total. The van der Waals surface area contributed by atoms with Crippen molar-refractivity contribution in [1.82, 2.24) is 9.80 Å². The molecule has 0 bridgehead atoms. The van der Waals surface area contributed by atoms with Gasteiger partial charge in [0.15, 0.2) is 0 Å². The highest BCUT2D eigenvalue weighted by Crippen LogP contribution is 2.30. The van der Waals surface area contributed by atoms with Crippen molar-refractivity contribution in [3.8, 4) is 0 Å². The summed E-state index contributed by atoms with van der Waals surface area (Å²) in [6, 6.07) is 1.84. The van der Waals surface area contributed by atoms with E-state index in [-0.39, 0.29) is 0 Å². The van der Waals surface area contributed by atoms with Crippen molar-refractivity contribution in [1.29, 1.82) is 0 Å². The van der Waals surface area contributed by atoms with Crippen molar-refractivity contribution >= 4 is 0 Å². The summed E-state index contributed by atoms with van der Waals surface area (Å²) in [7, 11) is 0. The maximum absolute atomic E-state index is 2.83. The van der Waals surface area contributed by atoms with Gasteiger partial charge in [-0.3, -0.25) is 0 Å². The zero-order valence-electron chi connectivity index (χ0n) is 12.8. The minimum Gasteiger partial charge on any atom is -0.300 e. The van der Waals surface area contributed by atoms with Gasteiger partial charge in [-0.1, -0.05) is 26.2 Å². The maximum Gasteiger partial charge on any atom is 0.0120 e.